The Morgan fingerprint density at radius 1 is 0.833 bits per heavy atom. The van der Waals surface area contributed by atoms with E-state index in [2.05, 4.69) is 0 Å². The van der Waals surface area contributed by atoms with Crippen LogP contribution in [0.5, 0.6) is 0 Å². The Bertz CT molecular complexity index is 350. The Balaban J connectivity index is -0.0000000346. The molecule has 116 valence electrons. The maximum atomic E-state index is 10.4. The number of hydrogen-bond donors (Lipinski definition) is 0. The van der Waals surface area contributed by atoms with Crippen LogP contribution in [0.2, 0.25) is 0 Å². The van der Waals surface area contributed by atoms with Crippen LogP contribution < -0.4 is 0 Å². The van der Waals surface area contributed by atoms with Crippen molar-refractivity contribution in [1.29, 1.82) is 0 Å². The van der Waals surface area contributed by atoms with E-state index in [1.165, 1.54) is 12.1 Å². The molecule has 1 aromatic rings. The van der Waals surface area contributed by atoms with Crippen LogP contribution in [-0.2, 0) is 26.6 Å². The van der Waals surface area contributed by atoms with Gasteiger partial charge < -0.3 is 37.4 Å². The first-order valence-electron chi connectivity index (χ1n) is 3.03. The van der Waals surface area contributed by atoms with Crippen molar-refractivity contribution in [3.8, 4) is 0 Å². The molecule has 1 rings (SSSR count). The van der Waals surface area contributed by atoms with Crippen molar-refractivity contribution in [2.24, 2.45) is 0 Å². The second-order valence-corrected chi connectivity index (χ2v) is 3.65. The summed E-state index contributed by atoms with van der Waals surface area (Å²) < 4.78 is 31.2. The summed E-state index contributed by atoms with van der Waals surface area (Å²) in [4.78, 5) is -0.178. The van der Waals surface area contributed by atoms with Crippen LogP contribution in [0.15, 0.2) is 29.2 Å². The SMILES string of the molecule is Cc1ccc(S(=O)(=O)[O-])cc1.O.O.O.O.O.O.[Ni+2]. The fraction of sp³-hybridized carbons (Fsp3) is 0.143. The summed E-state index contributed by atoms with van der Waals surface area (Å²) in [6, 6.07) is 5.78. The van der Waals surface area contributed by atoms with Gasteiger partial charge in [-0.15, -0.1) is 0 Å². The third-order valence-electron chi connectivity index (χ3n) is 1.31. The van der Waals surface area contributed by atoms with Crippen LogP contribution in [-0.4, -0.2) is 45.8 Å². The van der Waals surface area contributed by atoms with E-state index >= 15 is 0 Å². The molecular weight excluding hydrogens is 319 g/mol. The van der Waals surface area contributed by atoms with Crippen LogP contribution in [0.1, 0.15) is 5.56 Å². The van der Waals surface area contributed by atoms with Gasteiger partial charge in [-0.05, 0) is 19.1 Å². The largest absolute Gasteiger partial charge is 2.00 e. The van der Waals surface area contributed by atoms with E-state index in [4.69, 9.17) is 0 Å². The minimum Gasteiger partial charge on any atom is -0.744 e. The first-order chi connectivity index (χ1) is 5.00. The Morgan fingerprint density at radius 3 is 1.33 bits per heavy atom. The number of hydrogen-bond acceptors (Lipinski definition) is 3. The average molecular weight is 338 g/mol. The third-order valence-corrected chi connectivity index (χ3v) is 2.16. The summed E-state index contributed by atoms with van der Waals surface area (Å²) in [5.74, 6) is 0. The van der Waals surface area contributed by atoms with Crippen molar-refractivity contribution in [3.63, 3.8) is 0 Å². The zero-order valence-corrected chi connectivity index (χ0v) is 11.1. The van der Waals surface area contributed by atoms with Crippen LogP contribution in [0, 0.1) is 6.92 Å². The summed E-state index contributed by atoms with van der Waals surface area (Å²) in [6.07, 6.45) is 0. The molecule has 0 radical (unpaired) electrons. The first-order valence-corrected chi connectivity index (χ1v) is 4.43. The van der Waals surface area contributed by atoms with Gasteiger partial charge in [0.25, 0.3) is 0 Å². The quantitative estimate of drug-likeness (QED) is 0.366. The van der Waals surface area contributed by atoms with Crippen molar-refractivity contribution in [2.45, 2.75) is 11.8 Å². The number of aryl methyl sites for hydroxylation is 1. The zero-order valence-electron chi connectivity index (χ0n) is 9.26. The molecule has 0 amide bonds. The summed E-state index contributed by atoms with van der Waals surface area (Å²) in [7, 11) is -4.27. The van der Waals surface area contributed by atoms with E-state index in [0.29, 0.717) is 0 Å². The molecule has 0 aliphatic carbocycles. The molecule has 12 N–H and O–H groups in total. The molecule has 1 aromatic carbocycles. The minimum absolute atomic E-state index is 0. The molecular formula is C7H19NiO9S+. The van der Waals surface area contributed by atoms with Crippen LogP contribution in [0.4, 0.5) is 0 Å². The minimum atomic E-state index is -4.27. The van der Waals surface area contributed by atoms with Crippen molar-refractivity contribution in [2.75, 3.05) is 0 Å². The predicted molar refractivity (Wildman–Crippen MR) is 60.8 cm³/mol. The average Bonchev–Trinajstić information content (AvgIpc) is 1.86. The fourth-order valence-corrected chi connectivity index (χ4v) is 1.17. The van der Waals surface area contributed by atoms with Gasteiger partial charge in [0.1, 0.15) is 10.1 Å². The molecule has 0 bridgehead atoms. The van der Waals surface area contributed by atoms with Gasteiger partial charge in [0.05, 0.1) is 4.90 Å². The number of rotatable bonds is 1. The van der Waals surface area contributed by atoms with Crippen molar-refractivity contribution < 1.29 is 62.3 Å². The van der Waals surface area contributed by atoms with E-state index in [1.807, 2.05) is 6.92 Å². The Morgan fingerprint density at radius 2 is 1.11 bits per heavy atom. The van der Waals surface area contributed by atoms with Gasteiger partial charge in [0.2, 0.25) is 0 Å². The molecule has 11 heteroatoms. The molecule has 0 unspecified atom stereocenters. The Labute approximate surface area is 114 Å². The zero-order chi connectivity index (χ0) is 8.48. The summed E-state index contributed by atoms with van der Waals surface area (Å²) in [5, 5.41) is 0. The van der Waals surface area contributed by atoms with E-state index in [9.17, 15) is 13.0 Å². The topological polar surface area (TPSA) is 246 Å². The normalized spacial score (nSPS) is 7.00. The van der Waals surface area contributed by atoms with Gasteiger partial charge in [-0.1, -0.05) is 17.7 Å². The molecule has 9 nitrogen and oxygen atoms in total. The van der Waals surface area contributed by atoms with Gasteiger partial charge in [-0.3, -0.25) is 0 Å². The van der Waals surface area contributed by atoms with E-state index in [1.54, 1.807) is 12.1 Å². The molecule has 0 atom stereocenters. The maximum Gasteiger partial charge on any atom is 2.00 e. The third kappa shape index (κ3) is 13.4. The Hall–Kier alpha value is -0.616. The Kier molecular flexibility index (Phi) is 39.4. The van der Waals surface area contributed by atoms with Crippen molar-refractivity contribution in [1.82, 2.24) is 0 Å². The van der Waals surface area contributed by atoms with Gasteiger partial charge in [-0.2, -0.15) is 0 Å². The fourth-order valence-electron chi connectivity index (χ4n) is 0.705. The molecule has 0 aliphatic rings. The second kappa shape index (κ2) is 16.4. The monoisotopic (exact) mass is 337 g/mol. The van der Waals surface area contributed by atoms with Gasteiger partial charge in [-0.25, -0.2) is 8.42 Å². The second-order valence-electron chi connectivity index (χ2n) is 2.27. The standard InChI is InChI=1S/C7H8O3S.Ni.6H2O/c1-6-2-4-7(5-3-6)11(8,9)10;;;;;;;/h2-5H,1H3,(H,8,9,10);;6*1H2/q;+2;;;;;;/p-1. The number of benzene rings is 1. The molecule has 0 saturated carbocycles. The van der Waals surface area contributed by atoms with Crippen LogP contribution in [0.3, 0.4) is 0 Å². The smallest absolute Gasteiger partial charge is 0.744 e. The molecule has 0 spiro atoms. The van der Waals surface area contributed by atoms with Crippen molar-refractivity contribution in [3.05, 3.63) is 29.8 Å². The van der Waals surface area contributed by atoms with Gasteiger partial charge in [0.15, 0.2) is 0 Å². The van der Waals surface area contributed by atoms with Gasteiger partial charge >= 0.3 is 16.5 Å². The van der Waals surface area contributed by atoms with Crippen LogP contribution in [0.25, 0.3) is 0 Å². The molecule has 0 saturated heterocycles. The predicted octanol–water partition coefficient (Wildman–Crippen LogP) is -4.05. The molecule has 0 heterocycles. The maximum absolute atomic E-state index is 10.4. The summed E-state index contributed by atoms with van der Waals surface area (Å²) in [5.41, 5.74) is 0.928. The van der Waals surface area contributed by atoms with Crippen molar-refractivity contribution >= 4 is 10.1 Å². The summed E-state index contributed by atoms with van der Waals surface area (Å²) in [6.45, 7) is 1.82. The molecule has 0 aromatic heterocycles. The van der Waals surface area contributed by atoms with Crippen LogP contribution >= 0.6 is 0 Å². The first kappa shape index (κ1) is 43.3. The molecule has 0 aliphatic heterocycles. The van der Waals surface area contributed by atoms with E-state index in [-0.39, 0.29) is 54.2 Å². The van der Waals surface area contributed by atoms with E-state index < -0.39 is 10.1 Å². The summed E-state index contributed by atoms with van der Waals surface area (Å²) >= 11 is 0. The molecule has 0 fully saturated rings. The molecule has 18 heavy (non-hydrogen) atoms. The van der Waals surface area contributed by atoms with E-state index in [0.717, 1.165) is 5.56 Å². The van der Waals surface area contributed by atoms with Gasteiger partial charge in [0, 0.05) is 0 Å².